The Morgan fingerprint density at radius 2 is 1.00 bits per heavy atom. The molecule has 0 saturated carbocycles. The van der Waals surface area contributed by atoms with E-state index in [1.54, 1.807) is 0 Å². The van der Waals surface area contributed by atoms with Gasteiger partial charge in [0.25, 0.3) is 0 Å². The van der Waals surface area contributed by atoms with Crippen molar-refractivity contribution in [2.45, 2.75) is 0 Å². The van der Waals surface area contributed by atoms with Crippen molar-refractivity contribution < 1.29 is 0 Å². The highest BCUT2D eigenvalue weighted by molar-refractivity contribution is 9.10. The predicted molar refractivity (Wildman–Crippen MR) is 180 cm³/mol. The summed E-state index contributed by atoms with van der Waals surface area (Å²) in [5.41, 5.74) is 5.90. The summed E-state index contributed by atoms with van der Waals surface area (Å²) in [6.45, 7) is 0. The quantitative estimate of drug-likeness (QED) is 0.191. The van der Waals surface area contributed by atoms with Gasteiger partial charge in [0.2, 0.25) is 0 Å². The number of para-hydroxylation sites is 1. The molecule has 4 heteroatoms. The predicted octanol–water partition coefficient (Wildman–Crippen LogP) is 12.3. The Labute approximate surface area is 248 Å². The van der Waals surface area contributed by atoms with Crippen molar-refractivity contribution in [1.82, 2.24) is 0 Å². The summed E-state index contributed by atoms with van der Waals surface area (Å²) in [6.07, 6.45) is 0. The van der Waals surface area contributed by atoms with E-state index in [1.165, 1.54) is 51.5 Å². The first-order chi connectivity index (χ1) is 19.7. The Morgan fingerprint density at radius 1 is 0.400 bits per heavy atom. The van der Waals surface area contributed by atoms with Crippen LogP contribution >= 0.6 is 38.6 Å². The molecule has 0 bridgehead atoms. The fourth-order valence-corrected chi connectivity index (χ4v) is 8.18. The van der Waals surface area contributed by atoms with E-state index in [0.717, 1.165) is 21.5 Å². The Balaban J connectivity index is 1.22. The van der Waals surface area contributed by atoms with Crippen molar-refractivity contribution >= 4 is 96.0 Å². The first-order valence-corrected chi connectivity index (χ1v) is 15.6. The van der Waals surface area contributed by atoms with E-state index in [4.69, 9.17) is 0 Å². The highest BCUT2D eigenvalue weighted by Gasteiger charge is 2.15. The maximum atomic E-state index is 3.64. The van der Waals surface area contributed by atoms with Crippen LogP contribution in [0.25, 0.3) is 51.5 Å². The van der Waals surface area contributed by atoms with Gasteiger partial charge in [-0.3, -0.25) is 0 Å². The van der Waals surface area contributed by atoms with Crippen LogP contribution in [-0.2, 0) is 0 Å². The van der Waals surface area contributed by atoms with Gasteiger partial charge in [-0.15, -0.1) is 22.7 Å². The molecule has 0 unspecified atom stereocenters. The van der Waals surface area contributed by atoms with Crippen LogP contribution in [0.4, 0.5) is 17.1 Å². The molecule has 1 nitrogen and oxygen atoms in total. The lowest BCUT2D eigenvalue weighted by Crippen LogP contribution is -2.09. The average molecular weight is 613 g/mol. The molecule has 0 N–H and O–H groups in total. The molecule has 0 saturated heterocycles. The molecule has 40 heavy (non-hydrogen) atoms. The number of hydrogen-bond acceptors (Lipinski definition) is 3. The van der Waals surface area contributed by atoms with E-state index in [2.05, 4.69) is 154 Å². The molecular weight excluding hydrogens is 590 g/mol. The minimum absolute atomic E-state index is 1.11. The highest BCUT2D eigenvalue weighted by Crippen LogP contribution is 2.42. The minimum atomic E-state index is 1.11. The van der Waals surface area contributed by atoms with Crippen LogP contribution in [0.3, 0.4) is 0 Å². The summed E-state index contributed by atoms with van der Waals surface area (Å²) in [5.74, 6) is 0. The number of anilines is 3. The third-order valence-electron chi connectivity index (χ3n) is 7.53. The van der Waals surface area contributed by atoms with Gasteiger partial charge < -0.3 is 4.90 Å². The van der Waals surface area contributed by atoms with Crippen LogP contribution in [0.5, 0.6) is 0 Å². The molecule has 2 heterocycles. The molecule has 0 radical (unpaired) electrons. The number of thiophene rings is 2. The molecule has 0 spiro atoms. The summed E-state index contributed by atoms with van der Waals surface area (Å²) in [7, 11) is 0. The fraction of sp³-hybridized carbons (Fsp3) is 0. The number of benzene rings is 6. The third kappa shape index (κ3) is 4.03. The SMILES string of the molecule is Brc1ccc2sc3cc(N(c4ccccc4)c4ccc(-c5ccc6sc7ccccc7c6c5)cc4)ccc3c2c1. The molecule has 0 atom stereocenters. The van der Waals surface area contributed by atoms with E-state index >= 15 is 0 Å². The molecule has 0 aliphatic rings. The van der Waals surface area contributed by atoms with Gasteiger partial charge in [0.15, 0.2) is 0 Å². The second-order valence-electron chi connectivity index (χ2n) is 9.95. The Hall–Kier alpha value is -3.96. The first-order valence-electron chi connectivity index (χ1n) is 13.2. The van der Waals surface area contributed by atoms with Crippen molar-refractivity contribution in [3.05, 3.63) is 138 Å². The van der Waals surface area contributed by atoms with Gasteiger partial charge in [-0.1, -0.05) is 76.6 Å². The Bertz CT molecular complexity index is 2180. The first kappa shape index (κ1) is 23.9. The molecule has 190 valence electrons. The average Bonchev–Trinajstić information content (AvgIpc) is 3.55. The van der Waals surface area contributed by atoms with Crippen LogP contribution in [-0.4, -0.2) is 0 Å². The van der Waals surface area contributed by atoms with E-state index in [0.29, 0.717) is 0 Å². The summed E-state index contributed by atoms with van der Waals surface area (Å²) in [5, 5.41) is 5.26. The topological polar surface area (TPSA) is 3.24 Å². The van der Waals surface area contributed by atoms with Gasteiger partial charge in [0, 0.05) is 61.9 Å². The van der Waals surface area contributed by atoms with Crippen molar-refractivity contribution in [2.75, 3.05) is 4.90 Å². The molecule has 2 aromatic heterocycles. The molecular formula is C36H22BrNS2. The normalized spacial score (nSPS) is 11.6. The molecule has 0 amide bonds. The summed E-state index contributed by atoms with van der Waals surface area (Å²) >= 11 is 7.35. The van der Waals surface area contributed by atoms with Gasteiger partial charge in [-0.2, -0.15) is 0 Å². The van der Waals surface area contributed by atoms with Crippen molar-refractivity contribution in [1.29, 1.82) is 0 Å². The molecule has 0 aliphatic heterocycles. The van der Waals surface area contributed by atoms with Crippen LogP contribution in [0, 0.1) is 0 Å². The van der Waals surface area contributed by atoms with Gasteiger partial charge in [0.05, 0.1) is 0 Å². The summed E-state index contributed by atoms with van der Waals surface area (Å²) in [6, 6.07) is 48.5. The monoisotopic (exact) mass is 611 g/mol. The van der Waals surface area contributed by atoms with E-state index in [-0.39, 0.29) is 0 Å². The zero-order valence-corrected chi connectivity index (χ0v) is 24.6. The van der Waals surface area contributed by atoms with Crippen molar-refractivity contribution in [3.63, 3.8) is 0 Å². The highest BCUT2D eigenvalue weighted by atomic mass is 79.9. The number of halogens is 1. The molecule has 8 rings (SSSR count). The van der Waals surface area contributed by atoms with Gasteiger partial charge >= 0.3 is 0 Å². The van der Waals surface area contributed by atoms with Crippen LogP contribution < -0.4 is 4.90 Å². The molecule has 8 aromatic rings. The maximum absolute atomic E-state index is 3.64. The van der Waals surface area contributed by atoms with Crippen molar-refractivity contribution in [2.24, 2.45) is 0 Å². The minimum Gasteiger partial charge on any atom is -0.310 e. The van der Waals surface area contributed by atoms with Crippen LogP contribution in [0.15, 0.2) is 138 Å². The zero-order chi connectivity index (χ0) is 26.6. The van der Waals surface area contributed by atoms with Gasteiger partial charge in [0.1, 0.15) is 0 Å². The lowest BCUT2D eigenvalue weighted by molar-refractivity contribution is 1.29. The smallest absolute Gasteiger partial charge is 0.0476 e. The van der Waals surface area contributed by atoms with E-state index < -0.39 is 0 Å². The second-order valence-corrected chi connectivity index (χ2v) is 13.0. The summed E-state index contributed by atoms with van der Waals surface area (Å²) < 4.78 is 6.38. The van der Waals surface area contributed by atoms with E-state index in [9.17, 15) is 0 Å². The molecule has 0 fully saturated rings. The molecule has 0 aliphatic carbocycles. The summed E-state index contributed by atoms with van der Waals surface area (Å²) in [4.78, 5) is 2.35. The Kier molecular flexibility index (Phi) is 5.73. The maximum Gasteiger partial charge on any atom is 0.0476 e. The lowest BCUT2D eigenvalue weighted by Gasteiger charge is -2.25. The Morgan fingerprint density at radius 3 is 1.85 bits per heavy atom. The number of nitrogens with zero attached hydrogens (tertiary/aromatic N) is 1. The van der Waals surface area contributed by atoms with E-state index in [1.807, 2.05) is 22.7 Å². The van der Waals surface area contributed by atoms with Gasteiger partial charge in [-0.25, -0.2) is 0 Å². The largest absolute Gasteiger partial charge is 0.310 e. The second kappa shape index (κ2) is 9.60. The number of fused-ring (bicyclic) bond motifs is 6. The number of rotatable bonds is 4. The third-order valence-corrected chi connectivity index (χ3v) is 10.3. The van der Waals surface area contributed by atoms with Crippen LogP contribution in [0.1, 0.15) is 0 Å². The van der Waals surface area contributed by atoms with Crippen LogP contribution in [0.2, 0.25) is 0 Å². The number of hydrogen-bond donors (Lipinski definition) is 0. The standard InChI is InChI=1S/C36H22BrNS2/c37-25-13-19-35-32(21-25)30-17-16-28(22-36(30)40-35)38(26-6-2-1-3-7-26)27-14-10-23(11-15-27)24-12-18-34-31(20-24)29-8-4-5-9-33(29)39-34/h1-22H. The fourth-order valence-electron chi connectivity index (χ4n) is 5.61. The van der Waals surface area contributed by atoms with Crippen molar-refractivity contribution in [3.8, 4) is 11.1 Å². The molecule has 6 aromatic carbocycles. The zero-order valence-electron chi connectivity index (χ0n) is 21.3. The van der Waals surface area contributed by atoms with Gasteiger partial charge in [-0.05, 0) is 83.9 Å². The lowest BCUT2D eigenvalue weighted by atomic mass is 10.0.